The van der Waals surface area contributed by atoms with Crippen molar-refractivity contribution in [1.29, 1.82) is 0 Å². The van der Waals surface area contributed by atoms with Crippen LogP contribution in [0.5, 0.6) is 0 Å². The fourth-order valence-corrected chi connectivity index (χ4v) is 2.79. The summed E-state index contributed by atoms with van der Waals surface area (Å²) in [5.41, 5.74) is 0.226. The van der Waals surface area contributed by atoms with E-state index in [9.17, 15) is 14.9 Å². The number of anilines is 1. The van der Waals surface area contributed by atoms with Gasteiger partial charge >= 0.3 is 5.69 Å². The van der Waals surface area contributed by atoms with Gasteiger partial charge in [-0.25, -0.2) is 0 Å². The molecule has 0 aliphatic heterocycles. The van der Waals surface area contributed by atoms with Crippen LogP contribution in [-0.4, -0.2) is 29.8 Å². The summed E-state index contributed by atoms with van der Waals surface area (Å²) in [6, 6.07) is 8.51. The second-order valence-corrected chi connectivity index (χ2v) is 5.48. The number of thiophene rings is 1. The number of benzene rings is 1. The summed E-state index contributed by atoms with van der Waals surface area (Å²) in [5, 5.41) is 15.9. The van der Waals surface area contributed by atoms with Crippen molar-refractivity contribution in [2.45, 2.75) is 6.54 Å². The van der Waals surface area contributed by atoms with E-state index in [2.05, 4.69) is 5.32 Å². The van der Waals surface area contributed by atoms with Crippen LogP contribution in [0, 0.1) is 10.1 Å². The first-order valence-electron chi connectivity index (χ1n) is 6.27. The van der Waals surface area contributed by atoms with Crippen LogP contribution in [0.2, 0.25) is 0 Å². The molecule has 0 atom stereocenters. The van der Waals surface area contributed by atoms with Crippen molar-refractivity contribution in [3.63, 3.8) is 0 Å². The van der Waals surface area contributed by atoms with E-state index in [0.717, 1.165) is 4.88 Å². The van der Waals surface area contributed by atoms with Crippen molar-refractivity contribution in [3.8, 4) is 0 Å². The first-order chi connectivity index (χ1) is 10.0. The normalized spacial score (nSPS) is 10.2. The largest absolute Gasteiger partial charge is 0.383 e. The van der Waals surface area contributed by atoms with E-state index in [1.165, 1.54) is 11.0 Å². The Morgan fingerprint density at radius 3 is 2.71 bits per heavy atom. The molecule has 0 unspecified atom stereocenters. The Labute approximate surface area is 126 Å². The first kappa shape index (κ1) is 15.0. The highest BCUT2D eigenvalue weighted by Crippen LogP contribution is 2.29. The number of nitro benzene ring substituents is 1. The van der Waals surface area contributed by atoms with Crippen LogP contribution < -0.4 is 5.32 Å². The highest BCUT2D eigenvalue weighted by atomic mass is 32.1. The van der Waals surface area contributed by atoms with Gasteiger partial charge in [-0.15, -0.1) is 11.3 Å². The van der Waals surface area contributed by atoms with Crippen molar-refractivity contribution < 1.29 is 9.72 Å². The molecule has 110 valence electrons. The zero-order valence-electron chi connectivity index (χ0n) is 11.7. The predicted molar refractivity (Wildman–Crippen MR) is 82.8 cm³/mol. The van der Waals surface area contributed by atoms with Crippen LogP contribution in [-0.2, 0) is 6.54 Å². The zero-order chi connectivity index (χ0) is 15.4. The van der Waals surface area contributed by atoms with Gasteiger partial charge in [0.25, 0.3) is 5.91 Å². The van der Waals surface area contributed by atoms with Gasteiger partial charge in [0, 0.05) is 19.0 Å². The molecule has 1 amide bonds. The molecule has 0 bridgehead atoms. The molecular weight excluding hydrogens is 290 g/mol. The van der Waals surface area contributed by atoms with E-state index in [0.29, 0.717) is 12.2 Å². The topological polar surface area (TPSA) is 75.5 Å². The lowest BCUT2D eigenvalue weighted by Gasteiger charge is -2.17. The number of hydrogen-bond donors (Lipinski definition) is 1. The molecule has 0 saturated heterocycles. The minimum Gasteiger partial charge on any atom is -0.383 e. The third-order valence-electron chi connectivity index (χ3n) is 3.04. The average molecular weight is 305 g/mol. The summed E-state index contributed by atoms with van der Waals surface area (Å²) < 4.78 is 0. The highest BCUT2D eigenvalue weighted by molar-refractivity contribution is 7.09. The fraction of sp³-hybridized carbons (Fsp3) is 0.214. The molecule has 0 spiro atoms. The zero-order valence-corrected chi connectivity index (χ0v) is 12.5. The van der Waals surface area contributed by atoms with Gasteiger partial charge in [0.15, 0.2) is 0 Å². The average Bonchev–Trinajstić information content (AvgIpc) is 2.98. The maximum absolute atomic E-state index is 12.5. The SMILES string of the molecule is CNc1cccc(C(=O)N(C)Cc2cccs2)c1[N+](=O)[O-]. The van der Waals surface area contributed by atoms with Crippen LogP contribution in [0.15, 0.2) is 35.7 Å². The monoisotopic (exact) mass is 305 g/mol. The number of nitro groups is 1. The van der Waals surface area contributed by atoms with Gasteiger partial charge in [0.1, 0.15) is 11.3 Å². The first-order valence-corrected chi connectivity index (χ1v) is 7.15. The quantitative estimate of drug-likeness (QED) is 0.680. The maximum atomic E-state index is 12.5. The minimum absolute atomic E-state index is 0.0888. The second-order valence-electron chi connectivity index (χ2n) is 4.45. The molecule has 0 aliphatic rings. The lowest BCUT2D eigenvalue weighted by molar-refractivity contribution is -0.384. The van der Waals surface area contributed by atoms with Crippen molar-refractivity contribution in [2.75, 3.05) is 19.4 Å². The van der Waals surface area contributed by atoms with Gasteiger partial charge in [-0.2, -0.15) is 0 Å². The van der Waals surface area contributed by atoms with Gasteiger partial charge in [0.2, 0.25) is 0 Å². The Morgan fingerprint density at radius 2 is 2.14 bits per heavy atom. The molecule has 1 N–H and O–H groups in total. The number of nitrogens with zero attached hydrogens (tertiary/aromatic N) is 2. The van der Waals surface area contributed by atoms with Crippen LogP contribution >= 0.6 is 11.3 Å². The Kier molecular flexibility index (Phi) is 4.54. The lowest BCUT2D eigenvalue weighted by atomic mass is 10.1. The molecule has 0 saturated carbocycles. The van der Waals surface area contributed by atoms with E-state index < -0.39 is 4.92 Å². The highest BCUT2D eigenvalue weighted by Gasteiger charge is 2.26. The van der Waals surface area contributed by atoms with Crippen LogP contribution in [0.4, 0.5) is 11.4 Å². The number of rotatable bonds is 5. The smallest absolute Gasteiger partial charge is 0.305 e. The summed E-state index contributed by atoms with van der Waals surface area (Å²) in [7, 11) is 3.23. The van der Waals surface area contributed by atoms with E-state index in [4.69, 9.17) is 0 Å². The number of amides is 1. The molecular formula is C14H15N3O3S. The van der Waals surface area contributed by atoms with Crippen LogP contribution in [0.25, 0.3) is 0 Å². The van der Waals surface area contributed by atoms with Crippen molar-refractivity contribution in [1.82, 2.24) is 4.90 Å². The molecule has 1 heterocycles. The molecule has 2 aromatic rings. The van der Waals surface area contributed by atoms with Crippen molar-refractivity contribution >= 4 is 28.6 Å². The number of para-hydroxylation sites is 1. The van der Waals surface area contributed by atoms with Crippen molar-refractivity contribution in [3.05, 3.63) is 56.3 Å². The van der Waals surface area contributed by atoms with Crippen LogP contribution in [0.3, 0.4) is 0 Å². The lowest BCUT2D eigenvalue weighted by Crippen LogP contribution is -2.26. The predicted octanol–water partition coefficient (Wildman–Crippen LogP) is 2.97. The third-order valence-corrected chi connectivity index (χ3v) is 3.90. The second kappa shape index (κ2) is 6.36. The summed E-state index contributed by atoms with van der Waals surface area (Å²) in [4.78, 5) is 25.7. The fourth-order valence-electron chi connectivity index (χ4n) is 2.03. The molecule has 1 aromatic carbocycles. The number of carbonyl (C=O) groups is 1. The minimum atomic E-state index is -0.530. The summed E-state index contributed by atoms with van der Waals surface area (Å²) in [5.74, 6) is -0.368. The van der Waals surface area contributed by atoms with Crippen molar-refractivity contribution in [2.24, 2.45) is 0 Å². The van der Waals surface area contributed by atoms with Gasteiger partial charge in [0.05, 0.1) is 11.5 Å². The van der Waals surface area contributed by atoms with E-state index >= 15 is 0 Å². The summed E-state index contributed by atoms with van der Waals surface area (Å²) >= 11 is 1.54. The molecule has 21 heavy (non-hydrogen) atoms. The van der Waals surface area contributed by atoms with Crippen LogP contribution in [0.1, 0.15) is 15.2 Å². The molecule has 0 radical (unpaired) electrons. The van der Waals surface area contributed by atoms with E-state index in [1.807, 2.05) is 17.5 Å². The molecule has 2 rings (SSSR count). The Morgan fingerprint density at radius 1 is 1.38 bits per heavy atom. The van der Waals surface area contributed by atoms with E-state index in [-0.39, 0.29) is 17.2 Å². The summed E-state index contributed by atoms with van der Waals surface area (Å²) in [6.07, 6.45) is 0. The van der Waals surface area contributed by atoms with Gasteiger partial charge < -0.3 is 10.2 Å². The number of hydrogen-bond acceptors (Lipinski definition) is 5. The van der Waals surface area contributed by atoms with E-state index in [1.54, 1.807) is 37.6 Å². The Balaban J connectivity index is 2.32. The molecule has 6 nitrogen and oxygen atoms in total. The Hall–Kier alpha value is -2.41. The Bertz CT molecular complexity index is 655. The van der Waals surface area contributed by atoms with Gasteiger partial charge in [-0.3, -0.25) is 14.9 Å². The third kappa shape index (κ3) is 3.19. The molecule has 1 aromatic heterocycles. The molecule has 0 aliphatic carbocycles. The number of carbonyl (C=O) groups excluding carboxylic acids is 1. The number of nitrogens with one attached hydrogen (secondary N) is 1. The standard InChI is InChI=1S/C14H15N3O3S/c1-15-12-7-3-6-11(13(12)17(19)20)14(18)16(2)9-10-5-4-8-21-10/h3-8,15H,9H2,1-2H3. The summed E-state index contributed by atoms with van der Waals surface area (Å²) in [6.45, 7) is 0.428. The van der Waals surface area contributed by atoms with Gasteiger partial charge in [-0.1, -0.05) is 12.1 Å². The van der Waals surface area contributed by atoms with Gasteiger partial charge in [-0.05, 0) is 23.6 Å². The molecule has 0 fully saturated rings. The molecule has 7 heteroatoms. The maximum Gasteiger partial charge on any atom is 0.305 e.